The Morgan fingerprint density at radius 3 is 2.40 bits per heavy atom. The van der Waals surface area contributed by atoms with Crippen LogP contribution in [0.15, 0.2) is 71.6 Å². The number of aryl methyl sites for hydroxylation is 1. The molecule has 1 amide bonds. The number of nitrogens with one attached hydrogen (secondary N) is 1. The number of piperidine rings is 2. The van der Waals surface area contributed by atoms with E-state index in [0.717, 1.165) is 79.3 Å². The van der Waals surface area contributed by atoms with Gasteiger partial charge in [-0.25, -0.2) is 8.42 Å². The van der Waals surface area contributed by atoms with Crippen LogP contribution >= 0.6 is 0 Å². The number of fused-ring (bicyclic) bond motifs is 1. The van der Waals surface area contributed by atoms with Crippen molar-refractivity contribution >= 4 is 21.6 Å². The lowest BCUT2D eigenvalue weighted by Gasteiger charge is -2.45. The van der Waals surface area contributed by atoms with Crippen LogP contribution in [0.1, 0.15) is 68.6 Å². The molecule has 3 atom stereocenters. The molecule has 300 valence electrons. The van der Waals surface area contributed by atoms with Gasteiger partial charge in [-0.1, -0.05) is 49.7 Å². The van der Waals surface area contributed by atoms with Crippen LogP contribution in [0.2, 0.25) is 0 Å². The Hall–Kier alpha value is -3.68. The largest absolute Gasteiger partial charge is 0.497 e. The SMILES string of the molecule is COCCCN1CCOc2ccc(CO[C@H]3CN(S(=O)(=O)c4ccc(C)cc4)[C@H](CC(C)(C)C(=O)NC4CCN(C)CC4)C[C@@H]3c3ccc(OC)cc3)cc21. The van der Waals surface area contributed by atoms with Crippen molar-refractivity contribution in [2.45, 2.75) is 88.5 Å². The maximum atomic E-state index is 14.7. The zero-order valence-corrected chi connectivity index (χ0v) is 34.3. The number of sulfonamides is 1. The number of carbonyl (C=O) groups excluding carboxylic acids is 1. The average Bonchev–Trinajstić information content (AvgIpc) is 3.18. The number of rotatable bonds is 15. The first-order valence-electron chi connectivity index (χ1n) is 19.7. The Morgan fingerprint density at radius 1 is 0.982 bits per heavy atom. The molecule has 55 heavy (non-hydrogen) atoms. The number of hydrogen-bond acceptors (Lipinski definition) is 9. The zero-order chi connectivity index (χ0) is 39.2. The summed E-state index contributed by atoms with van der Waals surface area (Å²) < 4.78 is 54.6. The highest BCUT2D eigenvalue weighted by atomic mass is 32.2. The van der Waals surface area contributed by atoms with Crippen molar-refractivity contribution in [3.05, 3.63) is 83.4 Å². The molecule has 3 aliphatic heterocycles. The van der Waals surface area contributed by atoms with Gasteiger partial charge in [0.25, 0.3) is 0 Å². The van der Waals surface area contributed by atoms with E-state index in [9.17, 15) is 13.2 Å². The molecule has 6 rings (SSSR count). The number of anilines is 1. The molecule has 3 heterocycles. The van der Waals surface area contributed by atoms with Gasteiger partial charge in [-0.15, -0.1) is 0 Å². The number of ether oxygens (including phenoxy) is 4. The highest BCUT2D eigenvalue weighted by Gasteiger charge is 2.46. The topological polar surface area (TPSA) is 110 Å². The van der Waals surface area contributed by atoms with Gasteiger partial charge in [0.05, 0.1) is 36.9 Å². The minimum atomic E-state index is -3.96. The molecule has 0 spiro atoms. The zero-order valence-electron chi connectivity index (χ0n) is 33.5. The normalized spacial score (nSPS) is 21.5. The molecule has 2 saturated heterocycles. The second-order valence-electron chi connectivity index (χ2n) is 16.1. The monoisotopic (exact) mass is 776 g/mol. The molecule has 3 aromatic carbocycles. The molecular formula is C43H60N4O7S. The third kappa shape index (κ3) is 10.0. The molecule has 12 heteroatoms. The van der Waals surface area contributed by atoms with Gasteiger partial charge in [0.2, 0.25) is 15.9 Å². The predicted molar refractivity (Wildman–Crippen MR) is 215 cm³/mol. The summed E-state index contributed by atoms with van der Waals surface area (Å²) in [6.45, 7) is 11.1. The number of likely N-dealkylation sites (tertiary alicyclic amines) is 1. The van der Waals surface area contributed by atoms with Crippen LogP contribution < -0.4 is 19.7 Å². The first-order chi connectivity index (χ1) is 26.4. The first kappa shape index (κ1) is 41.0. The Labute approximate surface area is 328 Å². The van der Waals surface area contributed by atoms with E-state index in [0.29, 0.717) is 32.7 Å². The third-order valence-corrected chi connectivity index (χ3v) is 13.5. The maximum Gasteiger partial charge on any atom is 0.243 e. The number of nitrogens with zero attached hydrogens (tertiary/aromatic N) is 3. The van der Waals surface area contributed by atoms with Crippen LogP contribution in [0.4, 0.5) is 5.69 Å². The van der Waals surface area contributed by atoms with E-state index >= 15 is 0 Å². The third-order valence-electron chi connectivity index (χ3n) is 11.6. The van der Waals surface area contributed by atoms with Gasteiger partial charge in [-0.3, -0.25) is 4.79 Å². The fourth-order valence-electron chi connectivity index (χ4n) is 8.17. The summed E-state index contributed by atoms with van der Waals surface area (Å²) in [6.07, 6.45) is 3.09. The van der Waals surface area contributed by atoms with Crippen molar-refractivity contribution in [2.75, 3.05) is 72.1 Å². The van der Waals surface area contributed by atoms with Crippen LogP contribution in [0.25, 0.3) is 0 Å². The van der Waals surface area contributed by atoms with E-state index in [-0.39, 0.29) is 29.3 Å². The summed E-state index contributed by atoms with van der Waals surface area (Å²) >= 11 is 0. The molecule has 0 radical (unpaired) electrons. The molecular weight excluding hydrogens is 717 g/mol. The summed E-state index contributed by atoms with van der Waals surface area (Å²) in [4.78, 5) is 18.8. The fraction of sp³-hybridized carbons (Fsp3) is 0.558. The van der Waals surface area contributed by atoms with E-state index < -0.39 is 27.6 Å². The fourth-order valence-corrected chi connectivity index (χ4v) is 9.82. The predicted octanol–water partition coefficient (Wildman–Crippen LogP) is 6.00. The van der Waals surface area contributed by atoms with E-state index in [1.165, 1.54) is 0 Å². The van der Waals surface area contributed by atoms with E-state index in [1.807, 2.05) is 69.3 Å². The van der Waals surface area contributed by atoms with Crippen molar-refractivity contribution in [3.8, 4) is 11.5 Å². The van der Waals surface area contributed by atoms with Crippen LogP contribution in [-0.4, -0.2) is 109 Å². The van der Waals surface area contributed by atoms with Crippen molar-refractivity contribution < 1.29 is 32.2 Å². The van der Waals surface area contributed by atoms with Gasteiger partial charge in [-0.05, 0) is 107 Å². The van der Waals surface area contributed by atoms with Crippen LogP contribution in [0, 0.1) is 12.3 Å². The van der Waals surface area contributed by atoms with Gasteiger partial charge in [0.1, 0.15) is 18.1 Å². The van der Waals surface area contributed by atoms with Crippen LogP contribution in [0.5, 0.6) is 11.5 Å². The molecule has 0 unspecified atom stereocenters. The van der Waals surface area contributed by atoms with Crippen molar-refractivity contribution in [1.29, 1.82) is 0 Å². The highest BCUT2D eigenvalue weighted by Crippen LogP contribution is 2.42. The van der Waals surface area contributed by atoms with Gasteiger partial charge in [-0.2, -0.15) is 4.31 Å². The number of methoxy groups -OCH3 is 2. The molecule has 3 aliphatic rings. The highest BCUT2D eigenvalue weighted by molar-refractivity contribution is 7.89. The molecule has 11 nitrogen and oxygen atoms in total. The summed E-state index contributed by atoms with van der Waals surface area (Å²) in [5, 5.41) is 3.31. The standard InChI is InChI=1S/C43H60N4O7S/c1-31-8-15-37(16-9-31)55(49,50)47-29-41(54-30-32-10-17-40-39(26-32)46(23-25-53-40)20-7-24-51-5)38(33-11-13-36(52-6)14-12-33)27-35(47)28-43(2,3)42(48)44-34-18-21-45(4)22-19-34/h8-17,26,34-35,38,41H,7,18-25,27-30H2,1-6H3,(H,44,48)/t35-,38+,41-/m0/s1. The quantitative estimate of drug-likeness (QED) is 0.186. The Morgan fingerprint density at radius 2 is 1.71 bits per heavy atom. The average molecular weight is 777 g/mol. The van der Waals surface area contributed by atoms with Crippen molar-refractivity contribution in [3.63, 3.8) is 0 Å². The second-order valence-corrected chi connectivity index (χ2v) is 18.0. The molecule has 0 aliphatic carbocycles. The summed E-state index contributed by atoms with van der Waals surface area (Å²) in [5.41, 5.74) is 3.21. The lowest BCUT2D eigenvalue weighted by atomic mass is 9.77. The summed E-state index contributed by atoms with van der Waals surface area (Å²) in [5.74, 6) is 1.42. The second kappa shape index (κ2) is 18.1. The summed E-state index contributed by atoms with van der Waals surface area (Å²) in [7, 11) is 1.51. The number of carbonyl (C=O) groups is 1. The number of hydrogen-bond donors (Lipinski definition) is 1. The van der Waals surface area contributed by atoms with Gasteiger partial charge in [0, 0.05) is 50.2 Å². The van der Waals surface area contributed by atoms with Crippen LogP contribution in [0.3, 0.4) is 0 Å². The van der Waals surface area contributed by atoms with Gasteiger partial charge < -0.3 is 34.1 Å². The van der Waals surface area contributed by atoms with Crippen molar-refractivity contribution in [1.82, 2.24) is 14.5 Å². The molecule has 0 saturated carbocycles. The van der Waals surface area contributed by atoms with E-state index in [2.05, 4.69) is 28.2 Å². The Kier molecular flexibility index (Phi) is 13.5. The lowest BCUT2D eigenvalue weighted by Crippen LogP contribution is -2.55. The Balaban J connectivity index is 1.30. The van der Waals surface area contributed by atoms with E-state index in [1.54, 1.807) is 30.7 Å². The first-order valence-corrected chi connectivity index (χ1v) is 21.1. The smallest absolute Gasteiger partial charge is 0.243 e. The van der Waals surface area contributed by atoms with Gasteiger partial charge in [0.15, 0.2) is 0 Å². The van der Waals surface area contributed by atoms with Crippen LogP contribution in [-0.2, 0) is 30.9 Å². The minimum Gasteiger partial charge on any atom is -0.497 e. The van der Waals surface area contributed by atoms with Gasteiger partial charge >= 0.3 is 0 Å². The maximum absolute atomic E-state index is 14.7. The minimum absolute atomic E-state index is 0.0400. The molecule has 0 bridgehead atoms. The number of benzene rings is 3. The molecule has 3 aromatic rings. The molecule has 2 fully saturated rings. The summed E-state index contributed by atoms with van der Waals surface area (Å²) in [6, 6.07) is 20.8. The Bertz CT molecular complexity index is 1830. The molecule has 0 aromatic heterocycles. The van der Waals surface area contributed by atoms with E-state index in [4.69, 9.17) is 18.9 Å². The van der Waals surface area contributed by atoms with Crippen molar-refractivity contribution in [2.24, 2.45) is 5.41 Å². The lowest BCUT2D eigenvalue weighted by molar-refractivity contribution is -0.131. The molecule has 1 N–H and O–H groups in total. The number of amides is 1.